The molecule has 1 aliphatic rings. The molecule has 3 nitrogen and oxygen atoms in total. The van der Waals surface area contributed by atoms with Crippen molar-refractivity contribution in [3.8, 4) is 0 Å². The fourth-order valence-corrected chi connectivity index (χ4v) is 2.07. The van der Waals surface area contributed by atoms with Crippen LogP contribution in [0.15, 0.2) is 12.5 Å². The zero-order valence-corrected chi connectivity index (χ0v) is 11.6. The van der Waals surface area contributed by atoms with Crippen molar-refractivity contribution in [2.75, 3.05) is 13.1 Å². The van der Waals surface area contributed by atoms with E-state index in [1.807, 2.05) is 6.33 Å². The molecule has 0 spiro atoms. The van der Waals surface area contributed by atoms with Crippen LogP contribution in [0, 0.1) is 5.92 Å². The number of imidazole rings is 1. The van der Waals surface area contributed by atoms with E-state index in [9.17, 15) is 0 Å². The van der Waals surface area contributed by atoms with E-state index >= 15 is 0 Å². The highest BCUT2D eigenvalue weighted by molar-refractivity contribution is 4.96. The summed E-state index contributed by atoms with van der Waals surface area (Å²) in [6.45, 7) is 9.88. The number of hydrogen-bond donors (Lipinski definition) is 1. The number of piperidine rings is 1. The maximum absolute atomic E-state index is 4.34. The standard InChI is InChI=1S/C11H19N3.C3H8/c1-2-11-8-14(9-13-11)7-10-4-3-5-12-6-10;1-3-2/h8-10,12H,2-7H2,1H3;3H2,1-2H3/t10-;/m1./s1. The number of hydrogen-bond acceptors (Lipinski definition) is 2. The van der Waals surface area contributed by atoms with Gasteiger partial charge in [-0.3, -0.25) is 0 Å². The Balaban J connectivity index is 0.000000437. The minimum absolute atomic E-state index is 0.794. The van der Waals surface area contributed by atoms with Gasteiger partial charge < -0.3 is 9.88 Å². The van der Waals surface area contributed by atoms with Crippen molar-refractivity contribution >= 4 is 0 Å². The molecule has 98 valence electrons. The van der Waals surface area contributed by atoms with Crippen molar-refractivity contribution in [1.82, 2.24) is 14.9 Å². The largest absolute Gasteiger partial charge is 0.337 e. The molecule has 0 aliphatic carbocycles. The van der Waals surface area contributed by atoms with Gasteiger partial charge >= 0.3 is 0 Å². The number of aryl methyl sites for hydroxylation is 1. The Morgan fingerprint density at radius 1 is 1.41 bits per heavy atom. The van der Waals surface area contributed by atoms with Gasteiger partial charge in [-0.15, -0.1) is 0 Å². The van der Waals surface area contributed by atoms with Gasteiger partial charge in [-0.2, -0.15) is 0 Å². The third-order valence-corrected chi connectivity index (χ3v) is 2.92. The smallest absolute Gasteiger partial charge is 0.0949 e. The molecule has 0 radical (unpaired) electrons. The minimum Gasteiger partial charge on any atom is -0.337 e. The number of nitrogens with one attached hydrogen (secondary N) is 1. The molecule has 1 saturated heterocycles. The highest BCUT2D eigenvalue weighted by Crippen LogP contribution is 2.12. The van der Waals surface area contributed by atoms with Crippen molar-refractivity contribution < 1.29 is 0 Å². The fraction of sp³-hybridized carbons (Fsp3) is 0.786. The molecule has 2 rings (SSSR count). The second-order valence-electron chi connectivity index (χ2n) is 4.83. The molecule has 0 aromatic carbocycles. The van der Waals surface area contributed by atoms with Gasteiger partial charge in [0, 0.05) is 12.7 Å². The van der Waals surface area contributed by atoms with E-state index in [1.165, 1.54) is 38.0 Å². The molecule has 3 heteroatoms. The van der Waals surface area contributed by atoms with E-state index in [-0.39, 0.29) is 0 Å². The van der Waals surface area contributed by atoms with Gasteiger partial charge in [0.25, 0.3) is 0 Å². The van der Waals surface area contributed by atoms with Crippen LogP contribution in [0.1, 0.15) is 45.7 Å². The van der Waals surface area contributed by atoms with E-state index in [0.717, 1.165) is 18.9 Å². The molecule has 0 saturated carbocycles. The van der Waals surface area contributed by atoms with Crippen LogP contribution in [-0.2, 0) is 13.0 Å². The highest BCUT2D eigenvalue weighted by atomic mass is 15.0. The quantitative estimate of drug-likeness (QED) is 0.876. The van der Waals surface area contributed by atoms with Crippen LogP contribution in [0.3, 0.4) is 0 Å². The Bertz CT molecular complexity index is 287. The van der Waals surface area contributed by atoms with Crippen LogP contribution in [0.4, 0.5) is 0 Å². The molecular weight excluding hydrogens is 210 g/mol. The summed E-state index contributed by atoms with van der Waals surface area (Å²) >= 11 is 0. The summed E-state index contributed by atoms with van der Waals surface area (Å²) in [5.41, 5.74) is 1.20. The molecular formula is C14H27N3. The summed E-state index contributed by atoms with van der Waals surface area (Å²) in [5, 5.41) is 3.44. The molecule has 0 amide bonds. The lowest BCUT2D eigenvalue weighted by molar-refractivity contribution is 0.337. The third kappa shape index (κ3) is 5.35. The van der Waals surface area contributed by atoms with Gasteiger partial charge in [0.1, 0.15) is 0 Å². The predicted octanol–water partition coefficient (Wildman–Crippen LogP) is 2.86. The van der Waals surface area contributed by atoms with Crippen LogP contribution < -0.4 is 5.32 Å². The molecule has 1 aromatic rings. The molecule has 17 heavy (non-hydrogen) atoms. The number of aromatic nitrogens is 2. The van der Waals surface area contributed by atoms with Crippen molar-refractivity contribution in [2.24, 2.45) is 5.92 Å². The van der Waals surface area contributed by atoms with Gasteiger partial charge in [0.2, 0.25) is 0 Å². The molecule has 1 aliphatic heterocycles. The summed E-state index contributed by atoms with van der Waals surface area (Å²) < 4.78 is 2.23. The van der Waals surface area contributed by atoms with E-state index in [0.29, 0.717) is 0 Å². The summed E-state index contributed by atoms with van der Waals surface area (Å²) in [4.78, 5) is 4.34. The Kier molecular flexibility index (Phi) is 6.94. The maximum atomic E-state index is 4.34. The summed E-state index contributed by atoms with van der Waals surface area (Å²) in [7, 11) is 0. The van der Waals surface area contributed by atoms with Crippen LogP contribution >= 0.6 is 0 Å². The van der Waals surface area contributed by atoms with Crippen molar-refractivity contribution in [3.63, 3.8) is 0 Å². The van der Waals surface area contributed by atoms with Gasteiger partial charge in [0.15, 0.2) is 0 Å². The lowest BCUT2D eigenvalue weighted by Gasteiger charge is -2.22. The average molecular weight is 237 g/mol. The van der Waals surface area contributed by atoms with Crippen LogP contribution in [0.5, 0.6) is 0 Å². The SMILES string of the molecule is CCC.CCc1cn(C[C@@H]2CCCNC2)cn1. The zero-order chi connectivity index (χ0) is 12.5. The first-order valence-corrected chi connectivity index (χ1v) is 7.01. The summed E-state index contributed by atoms with van der Waals surface area (Å²) in [6, 6.07) is 0. The zero-order valence-electron chi connectivity index (χ0n) is 11.6. The Morgan fingerprint density at radius 2 is 2.18 bits per heavy atom. The minimum atomic E-state index is 0.794. The Hall–Kier alpha value is -0.830. The maximum Gasteiger partial charge on any atom is 0.0949 e. The first kappa shape index (κ1) is 14.2. The highest BCUT2D eigenvalue weighted by Gasteiger charge is 2.13. The van der Waals surface area contributed by atoms with Gasteiger partial charge in [0.05, 0.1) is 12.0 Å². The molecule has 2 heterocycles. The molecule has 1 N–H and O–H groups in total. The lowest BCUT2D eigenvalue weighted by atomic mass is 10.00. The average Bonchev–Trinajstić information content (AvgIpc) is 2.79. The topological polar surface area (TPSA) is 29.9 Å². The summed E-state index contributed by atoms with van der Waals surface area (Å²) in [5.74, 6) is 0.794. The molecule has 0 unspecified atom stereocenters. The molecule has 1 fully saturated rings. The number of rotatable bonds is 3. The predicted molar refractivity (Wildman–Crippen MR) is 73.2 cm³/mol. The normalized spacial score (nSPS) is 19.6. The molecule has 1 atom stereocenters. The van der Waals surface area contributed by atoms with E-state index in [2.05, 4.69) is 41.8 Å². The Labute approximate surface area is 106 Å². The van der Waals surface area contributed by atoms with Crippen LogP contribution in [0.2, 0.25) is 0 Å². The molecule has 1 aromatic heterocycles. The first-order valence-electron chi connectivity index (χ1n) is 7.01. The number of nitrogens with zero attached hydrogens (tertiary/aromatic N) is 2. The summed E-state index contributed by atoms with van der Waals surface area (Å²) in [6.07, 6.45) is 9.10. The van der Waals surface area contributed by atoms with Crippen molar-refractivity contribution in [3.05, 3.63) is 18.2 Å². The molecule has 0 bridgehead atoms. The van der Waals surface area contributed by atoms with Crippen molar-refractivity contribution in [1.29, 1.82) is 0 Å². The van der Waals surface area contributed by atoms with E-state index in [4.69, 9.17) is 0 Å². The van der Waals surface area contributed by atoms with Crippen molar-refractivity contribution in [2.45, 2.75) is 53.0 Å². The van der Waals surface area contributed by atoms with Crippen LogP contribution in [0.25, 0.3) is 0 Å². The van der Waals surface area contributed by atoms with Crippen LogP contribution in [-0.4, -0.2) is 22.6 Å². The second kappa shape index (κ2) is 8.29. The first-order chi connectivity index (χ1) is 8.30. The Morgan fingerprint density at radius 3 is 2.71 bits per heavy atom. The monoisotopic (exact) mass is 237 g/mol. The third-order valence-electron chi connectivity index (χ3n) is 2.92. The lowest BCUT2D eigenvalue weighted by Crippen LogP contribution is -2.31. The van der Waals surface area contributed by atoms with Gasteiger partial charge in [-0.1, -0.05) is 27.2 Å². The second-order valence-corrected chi connectivity index (χ2v) is 4.83. The van der Waals surface area contributed by atoms with E-state index in [1.54, 1.807) is 0 Å². The van der Waals surface area contributed by atoms with Gasteiger partial charge in [-0.25, -0.2) is 4.98 Å². The van der Waals surface area contributed by atoms with E-state index < -0.39 is 0 Å². The fourth-order valence-electron chi connectivity index (χ4n) is 2.07. The van der Waals surface area contributed by atoms with Gasteiger partial charge in [-0.05, 0) is 38.3 Å².